The van der Waals surface area contributed by atoms with Crippen molar-refractivity contribution in [1.82, 2.24) is 9.38 Å². The molecule has 0 spiro atoms. The third kappa shape index (κ3) is 4.66. The Hall–Kier alpha value is -5.48. The Bertz CT molecular complexity index is 1880. The largest absolute Gasteiger partial charge is 0.311 e. The standard InChI is InChI=1S/C37H29N4/c1-39-26-10-8-16-34(39)36-35-17-9-11-27-40(35)37(38-36)30-20-18-28(19-21-30)29-22-24-33(25-23-29)41(31-12-4-2-5-13-31)32-14-6-3-7-15-32/h2-27H,1H3/q+1. The highest BCUT2D eigenvalue weighted by Gasteiger charge is 2.19. The van der Waals surface area contributed by atoms with Gasteiger partial charge in [-0.2, -0.15) is 4.57 Å². The molecule has 7 aromatic rings. The molecule has 3 aromatic heterocycles. The number of aryl methyl sites for hydroxylation is 1. The molecule has 0 aliphatic rings. The van der Waals surface area contributed by atoms with Crippen LogP contribution in [0.4, 0.5) is 17.1 Å². The summed E-state index contributed by atoms with van der Waals surface area (Å²) in [5, 5.41) is 0. The van der Waals surface area contributed by atoms with Crippen LogP contribution in [0, 0.1) is 0 Å². The lowest BCUT2D eigenvalue weighted by molar-refractivity contribution is -0.660. The van der Waals surface area contributed by atoms with Crippen molar-refractivity contribution in [3.8, 4) is 33.9 Å². The molecule has 0 aliphatic carbocycles. The number of nitrogens with zero attached hydrogens (tertiary/aromatic N) is 4. The van der Waals surface area contributed by atoms with Gasteiger partial charge in [-0.1, -0.05) is 78.9 Å². The monoisotopic (exact) mass is 529 g/mol. The van der Waals surface area contributed by atoms with Crippen molar-refractivity contribution in [1.29, 1.82) is 0 Å². The van der Waals surface area contributed by atoms with Crippen LogP contribution in [-0.2, 0) is 7.05 Å². The molecular formula is C37H29N4+. The number of benzene rings is 4. The molecule has 0 saturated carbocycles. The summed E-state index contributed by atoms with van der Waals surface area (Å²) in [4.78, 5) is 7.40. The Morgan fingerprint density at radius 1 is 0.537 bits per heavy atom. The summed E-state index contributed by atoms with van der Waals surface area (Å²) >= 11 is 0. The molecule has 0 N–H and O–H groups in total. The summed E-state index contributed by atoms with van der Waals surface area (Å²) in [7, 11) is 2.06. The summed E-state index contributed by atoms with van der Waals surface area (Å²) in [5.74, 6) is 0.933. The van der Waals surface area contributed by atoms with E-state index in [1.807, 2.05) is 18.2 Å². The minimum atomic E-state index is 0.933. The van der Waals surface area contributed by atoms with Crippen LogP contribution in [0.5, 0.6) is 0 Å². The van der Waals surface area contributed by atoms with Gasteiger partial charge in [0, 0.05) is 41.0 Å². The van der Waals surface area contributed by atoms with Gasteiger partial charge in [-0.15, -0.1) is 0 Å². The van der Waals surface area contributed by atoms with E-state index in [1.165, 1.54) is 11.1 Å². The first-order valence-electron chi connectivity index (χ1n) is 13.8. The van der Waals surface area contributed by atoms with E-state index >= 15 is 0 Å². The molecule has 0 radical (unpaired) electrons. The van der Waals surface area contributed by atoms with E-state index < -0.39 is 0 Å². The summed E-state index contributed by atoms with van der Waals surface area (Å²) in [6.07, 6.45) is 4.14. The van der Waals surface area contributed by atoms with Gasteiger partial charge in [0.2, 0.25) is 5.69 Å². The molecular weight excluding hydrogens is 500 g/mol. The quantitative estimate of drug-likeness (QED) is 0.201. The van der Waals surface area contributed by atoms with Crippen LogP contribution in [0.3, 0.4) is 0 Å². The fourth-order valence-electron chi connectivity index (χ4n) is 5.42. The van der Waals surface area contributed by atoms with Crippen molar-refractivity contribution >= 4 is 22.6 Å². The first-order valence-corrected chi connectivity index (χ1v) is 13.8. The van der Waals surface area contributed by atoms with E-state index in [-0.39, 0.29) is 0 Å². The van der Waals surface area contributed by atoms with Crippen molar-refractivity contribution < 1.29 is 4.57 Å². The highest BCUT2D eigenvalue weighted by atomic mass is 15.1. The second kappa shape index (κ2) is 10.6. The predicted molar refractivity (Wildman–Crippen MR) is 167 cm³/mol. The zero-order valence-corrected chi connectivity index (χ0v) is 22.8. The maximum Gasteiger partial charge on any atom is 0.233 e. The van der Waals surface area contributed by atoms with Gasteiger partial charge in [0.05, 0.1) is 5.52 Å². The molecule has 0 unspecified atom stereocenters. The summed E-state index contributed by atoms with van der Waals surface area (Å²) in [5.41, 5.74) is 9.95. The molecule has 0 bridgehead atoms. The molecule has 0 amide bonds. The molecule has 0 atom stereocenters. The number of anilines is 3. The van der Waals surface area contributed by atoms with Gasteiger partial charge < -0.3 is 4.90 Å². The van der Waals surface area contributed by atoms with Crippen molar-refractivity contribution in [2.75, 3.05) is 4.90 Å². The average molecular weight is 530 g/mol. The first-order chi connectivity index (χ1) is 20.3. The number of rotatable bonds is 6. The molecule has 4 nitrogen and oxygen atoms in total. The number of pyridine rings is 2. The summed E-state index contributed by atoms with van der Waals surface area (Å²) in [6.45, 7) is 0. The smallest absolute Gasteiger partial charge is 0.233 e. The normalized spacial score (nSPS) is 11.0. The maximum atomic E-state index is 5.12. The van der Waals surface area contributed by atoms with Gasteiger partial charge in [0.25, 0.3) is 0 Å². The topological polar surface area (TPSA) is 24.4 Å². The number of hydrogen-bond donors (Lipinski definition) is 0. The van der Waals surface area contributed by atoms with Crippen LogP contribution < -0.4 is 9.47 Å². The minimum Gasteiger partial charge on any atom is -0.311 e. The third-order valence-corrected chi connectivity index (χ3v) is 7.48. The van der Waals surface area contributed by atoms with Gasteiger partial charge in [-0.05, 0) is 65.7 Å². The average Bonchev–Trinajstić information content (AvgIpc) is 3.42. The molecule has 4 heteroatoms. The van der Waals surface area contributed by atoms with Crippen LogP contribution in [0.1, 0.15) is 0 Å². The number of para-hydroxylation sites is 2. The summed E-state index contributed by atoms with van der Waals surface area (Å²) < 4.78 is 4.29. The second-order valence-electron chi connectivity index (χ2n) is 10.1. The first kappa shape index (κ1) is 24.6. The van der Waals surface area contributed by atoms with E-state index in [4.69, 9.17) is 4.98 Å². The van der Waals surface area contributed by atoms with Gasteiger partial charge >= 0.3 is 0 Å². The molecule has 0 saturated heterocycles. The molecule has 0 fully saturated rings. The Morgan fingerprint density at radius 3 is 1.71 bits per heavy atom. The van der Waals surface area contributed by atoms with Crippen molar-refractivity contribution in [3.63, 3.8) is 0 Å². The molecule has 196 valence electrons. The van der Waals surface area contributed by atoms with Gasteiger partial charge in [-0.3, -0.25) is 4.40 Å². The van der Waals surface area contributed by atoms with E-state index in [9.17, 15) is 0 Å². The van der Waals surface area contributed by atoms with Gasteiger partial charge in [0.1, 0.15) is 12.9 Å². The number of fused-ring (bicyclic) bond motifs is 1. The number of aromatic nitrogens is 3. The Labute approximate surface area is 240 Å². The number of hydrogen-bond acceptors (Lipinski definition) is 2. The van der Waals surface area contributed by atoms with Crippen molar-refractivity contribution in [2.45, 2.75) is 0 Å². The molecule has 0 aliphatic heterocycles. The predicted octanol–water partition coefficient (Wildman–Crippen LogP) is 8.63. The lowest BCUT2D eigenvalue weighted by Crippen LogP contribution is -2.30. The lowest BCUT2D eigenvalue weighted by Gasteiger charge is -2.25. The van der Waals surface area contributed by atoms with E-state index in [0.717, 1.165) is 45.4 Å². The third-order valence-electron chi connectivity index (χ3n) is 7.48. The fourth-order valence-corrected chi connectivity index (χ4v) is 5.42. The highest BCUT2D eigenvalue weighted by Crippen LogP contribution is 2.36. The zero-order valence-electron chi connectivity index (χ0n) is 22.8. The summed E-state index contributed by atoms with van der Waals surface area (Å²) in [6, 6.07) is 50.9. The van der Waals surface area contributed by atoms with E-state index in [2.05, 4.69) is 161 Å². The molecule has 4 aromatic carbocycles. The molecule has 41 heavy (non-hydrogen) atoms. The van der Waals surface area contributed by atoms with Crippen LogP contribution in [-0.4, -0.2) is 9.38 Å². The Morgan fingerprint density at radius 2 is 1.07 bits per heavy atom. The van der Waals surface area contributed by atoms with Crippen LogP contribution in [0.15, 0.2) is 158 Å². The van der Waals surface area contributed by atoms with E-state index in [1.54, 1.807) is 0 Å². The van der Waals surface area contributed by atoms with Crippen LogP contribution in [0.25, 0.3) is 39.4 Å². The molecule has 7 rings (SSSR count). The Balaban J connectivity index is 1.22. The van der Waals surface area contributed by atoms with Gasteiger partial charge in [-0.25, -0.2) is 4.98 Å². The van der Waals surface area contributed by atoms with Gasteiger partial charge in [0.15, 0.2) is 11.9 Å². The fraction of sp³-hybridized carbons (Fsp3) is 0.0270. The highest BCUT2D eigenvalue weighted by molar-refractivity contribution is 5.80. The maximum absolute atomic E-state index is 5.12. The minimum absolute atomic E-state index is 0.933. The lowest BCUT2D eigenvalue weighted by atomic mass is 10.0. The van der Waals surface area contributed by atoms with Crippen molar-refractivity contribution in [2.24, 2.45) is 7.05 Å². The SMILES string of the molecule is C[n+]1ccccc1-c1nc(-c2ccc(-c3ccc(N(c4ccccc4)c4ccccc4)cc3)cc2)n2ccccc12. The van der Waals surface area contributed by atoms with Crippen molar-refractivity contribution in [3.05, 3.63) is 158 Å². The number of imidazole rings is 1. The van der Waals surface area contributed by atoms with Crippen LogP contribution in [0.2, 0.25) is 0 Å². The second-order valence-corrected chi connectivity index (χ2v) is 10.1. The van der Waals surface area contributed by atoms with Crippen LogP contribution >= 0.6 is 0 Å². The zero-order chi connectivity index (χ0) is 27.6. The molecule has 3 heterocycles. The van der Waals surface area contributed by atoms with E-state index in [0.29, 0.717) is 0 Å². The Kier molecular flexibility index (Phi) is 6.34.